The number of carbonyl (C=O) groups excluding carboxylic acids is 1. The van der Waals surface area contributed by atoms with E-state index in [2.05, 4.69) is 0 Å². The predicted molar refractivity (Wildman–Crippen MR) is 78.2 cm³/mol. The van der Waals surface area contributed by atoms with Crippen LogP contribution in [0.1, 0.15) is 15.9 Å². The van der Waals surface area contributed by atoms with Crippen LogP contribution in [0.3, 0.4) is 0 Å². The monoisotopic (exact) mass is 370 g/mol. The third kappa shape index (κ3) is 3.52. The minimum atomic E-state index is -0.641. The lowest BCUT2D eigenvalue weighted by molar-refractivity contribution is -0.683. The van der Waals surface area contributed by atoms with E-state index in [0.717, 1.165) is 0 Å². The molecule has 2 heterocycles. The second kappa shape index (κ2) is 6.99. The molecule has 1 aromatic carbocycles. The summed E-state index contributed by atoms with van der Waals surface area (Å²) in [6.45, 7) is 0.00874. The number of Topliss-reactive ketones (excluding diaryl/α,β-unsaturated/α-hetero) is 1. The molecule has 3 rings (SSSR count). The van der Waals surface area contributed by atoms with E-state index in [0.29, 0.717) is 16.5 Å². The molecule has 0 spiro atoms. The fraction of sp³-hybridized carbons (Fsp3) is 0.0588. The van der Waals surface area contributed by atoms with E-state index < -0.39 is 5.63 Å². The van der Waals surface area contributed by atoms with Gasteiger partial charge < -0.3 is 21.4 Å². The first-order chi connectivity index (χ1) is 10.7. The van der Waals surface area contributed by atoms with Gasteiger partial charge in [0.15, 0.2) is 12.4 Å². The number of hydrogen-bond acceptors (Lipinski definition) is 4. The van der Waals surface area contributed by atoms with Crippen molar-refractivity contribution in [3.8, 4) is 6.07 Å². The summed E-state index contributed by atoms with van der Waals surface area (Å²) < 4.78 is 6.77. The Morgan fingerprint density at radius 3 is 2.57 bits per heavy atom. The molecule has 0 fully saturated rings. The highest BCUT2D eigenvalue weighted by Crippen LogP contribution is 2.12. The fourth-order valence-electron chi connectivity index (χ4n) is 2.14. The molecule has 0 aliphatic rings. The first-order valence-electron chi connectivity index (χ1n) is 6.62. The van der Waals surface area contributed by atoms with E-state index in [9.17, 15) is 9.59 Å². The number of carbonyl (C=O) groups is 1. The highest BCUT2D eigenvalue weighted by Gasteiger charge is 2.17. The molecule has 3 aromatic rings. The van der Waals surface area contributed by atoms with E-state index in [1.165, 1.54) is 0 Å². The number of hydrogen-bond donors (Lipinski definition) is 0. The summed E-state index contributed by atoms with van der Waals surface area (Å²) in [6, 6.07) is 13.8. The molecule has 23 heavy (non-hydrogen) atoms. The van der Waals surface area contributed by atoms with Gasteiger partial charge in [0.1, 0.15) is 11.1 Å². The number of ketones is 1. The molecule has 0 unspecified atom stereocenters. The lowest BCUT2D eigenvalue weighted by atomic mass is 10.1. The lowest BCUT2D eigenvalue weighted by Crippen LogP contribution is -3.00. The second-order valence-corrected chi connectivity index (χ2v) is 4.78. The van der Waals surface area contributed by atoms with Gasteiger partial charge in [-0.2, -0.15) is 9.83 Å². The molecular weight excluding hydrogens is 360 g/mol. The van der Waals surface area contributed by atoms with Crippen LogP contribution in [-0.4, -0.2) is 5.78 Å². The van der Waals surface area contributed by atoms with Crippen LogP contribution in [0.2, 0.25) is 0 Å². The van der Waals surface area contributed by atoms with E-state index >= 15 is 0 Å². The highest BCUT2D eigenvalue weighted by molar-refractivity contribution is 5.97. The molecule has 0 atom stereocenters. The quantitative estimate of drug-likeness (QED) is 0.331. The third-order valence-electron chi connectivity index (χ3n) is 3.29. The summed E-state index contributed by atoms with van der Waals surface area (Å²) in [5, 5.41) is 9.45. The summed E-state index contributed by atoms with van der Waals surface area (Å²) >= 11 is 0. The van der Waals surface area contributed by atoms with Crippen molar-refractivity contribution >= 4 is 16.8 Å². The minimum absolute atomic E-state index is 0. The number of pyridine rings is 1. The van der Waals surface area contributed by atoms with E-state index in [4.69, 9.17) is 9.68 Å². The Bertz CT molecular complexity index is 956. The topological polar surface area (TPSA) is 74.9 Å². The summed E-state index contributed by atoms with van der Waals surface area (Å²) in [7, 11) is 0. The number of aromatic nitrogens is 1. The number of rotatable bonds is 3. The van der Waals surface area contributed by atoms with Gasteiger partial charge in [-0.3, -0.25) is 4.79 Å². The molecule has 0 saturated heterocycles. The lowest BCUT2D eigenvalue weighted by Gasteiger charge is -2.00. The van der Waals surface area contributed by atoms with Crippen LogP contribution in [0.5, 0.6) is 0 Å². The van der Waals surface area contributed by atoms with Crippen LogP contribution in [0.15, 0.2) is 64.1 Å². The normalized spacial score (nSPS) is 9.87. The predicted octanol–water partition coefficient (Wildman–Crippen LogP) is -1.16. The molecule has 0 radical (unpaired) electrons. The van der Waals surface area contributed by atoms with Crippen molar-refractivity contribution in [1.29, 1.82) is 5.26 Å². The molecule has 6 heteroatoms. The zero-order valence-electron chi connectivity index (χ0n) is 11.9. The Hall–Kier alpha value is -2.78. The number of halogens is 1. The first-order valence-corrected chi connectivity index (χ1v) is 6.62. The average molecular weight is 371 g/mol. The number of nitrogens with zero attached hydrogens (tertiary/aromatic N) is 2. The standard InChI is InChI=1S/C17H11N2O3.BrH/c18-10-12-5-7-19(8-6-12)11-15(20)14-9-13-3-1-2-4-16(13)22-17(14)21;/h1-9H,11H2;1H/q+1;/p-1. The van der Waals surface area contributed by atoms with E-state index in [1.807, 2.05) is 12.1 Å². The van der Waals surface area contributed by atoms with Gasteiger partial charge in [0, 0.05) is 17.5 Å². The van der Waals surface area contributed by atoms with E-state index in [1.54, 1.807) is 53.4 Å². The Balaban J connectivity index is 0.00000192. The van der Waals surface area contributed by atoms with Gasteiger partial charge in [0.25, 0.3) is 0 Å². The second-order valence-electron chi connectivity index (χ2n) is 4.78. The average Bonchev–Trinajstić information content (AvgIpc) is 2.54. The summed E-state index contributed by atoms with van der Waals surface area (Å²) in [5.41, 5.74) is 0.345. The van der Waals surface area contributed by atoms with Crippen LogP contribution >= 0.6 is 0 Å². The van der Waals surface area contributed by atoms with Gasteiger partial charge in [-0.05, 0) is 12.1 Å². The molecule has 0 aliphatic carbocycles. The Morgan fingerprint density at radius 1 is 1.17 bits per heavy atom. The summed E-state index contributed by atoms with van der Waals surface area (Å²) in [6.07, 6.45) is 3.25. The van der Waals surface area contributed by atoms with Crippen LogP contribution < -0.4 is 27.2 Å². The van der Waals surface area contributed by atoms with Gasteiger partial charge in [0.05, 0.1) is 11.6 Å². The van der Waals surface area contributed by atoms with Gasteiger partial charge in [-0.1, -0.05) is 18.2 Å². The Morgan fingerprint density at radius 2 is 1.87 bits per heavy atom. The van der Waals surface area contributed by atoms with Crippen molar-refractivity contribution in [2.45, 2.75) is 6.54 Å². The van der Waals surface area contributed by atoms with Crippen LogP contribution in [0.4, 0.5) is 0 Å². The van der Waals surface area contributed by atoms with Crippen molar-refractivity contribution in [2.75, 3.05) is 0 Å². The molecule has 0 N–H and O–H groups in total. The van der Waals surface area contributed by atoms with Crippen molar-refractivity contribution in [1.82, 2.24) is 0 Å². The highest BCUT2D eigenvalue weighted by atomic mass is 79.9. The number of para-hydroxylation sites is 1. The van der Waals surface area contributed by atoms with Gasteiger partial charge in [-0.25, -0.2) is 4.79 Å². The molecule has 114 valence electrons. The molecule has 0 aliphatic heterocycles. The van der Waals surface area contributed by atoms with Crippen molar-refractivity contribution in [3.63, 3.8) is 0 Å². The maximum absolute atomic E-state index is 12.3. The number of benzene rings is 1. The summed E-state index contributed by atoms with van der Waals surface area (Å²) in [4.78, 5) is 24.2. The number of fused-ring (bicyclic) bond motifs is 1. The van der Waals surface area contributed by atoms with Crippen LogP contribution in [0.25, 0.3) is 11.0 Å². The molecule has 0 bridgehead atoms. The Kier molecular flexibility index (Phi) is 5.04. The Labute approximate surface area is 142 Å². The van der Waals surface area contributed by atoms with E-state index in [-0.39, 0.29) is 34.9 Å². The smallest absolute Gasteiger partial charge is 0.347 e. The SMILES string of the molecule is N#Cc1cc[n+](CC(=O)c2cc3ccccc3oc2=O)cc1.[Br-]. The first kappa shape index (κ1) is 16.6. The van der Waals surface area contributed by atoms with Gasteiger partial charge in [-0.15, -0.1) is 0 Å². The maximum Gasteiger partial charge on any atom is 0.347 e. The molecule has 0 amide bonds. The molecule has 5 nitrogen and oxygen atoms in total. The largest absolute Gasteiger partial charge is 1.00 e. The number of nitriles is 1. The molecule has 0 saturated carbocycles. The van der Waals surface area contributed by atoms with Crippen molar-refractivity contribution in [2.24, 2.45) is 0 Å². The fourth-order valence-corrected chi connectivity index (χ4v) is 2.14. The van der Waals surface area contributed by atoms with Crippen molar-refractivity contribution in [3.05, 3.63) is 76.4 Å². The van der Waals surface area contributed by atoms with Crippen LogP contribution in [0, 0.1) is 11.3 Å². The summed E-state index contributed by atoms with van der Waals surface area (Å²) in [5.74, 6) is -0.339. The van der Waals surface area contributed by atoms with Crippen molar-refractivity contribution < 1.29 is 30.8 Å². The van der Waals surface area contributed by atoms with Crippen LogP contribution in [-0.2, 0) is 6.54 Å². The maximum atomic E-state index is 12.3. The molecular formula is C17H11BrN2O3. The van der Waals surface area contributed by atoms with Gasteiger partial charge >= 0.3 is 5.63 Å². The zero-order valence-corrected chi connectivity index (χ0v) is 13.5. The third-order valence-corrected chi connectivity index (χ3v) is 3.29. The molecule has 2 aromatic heterocycles. The minimum Gasteiger partial charge on any atom is -1.00 e. The van der Waals surface area contributed by atoms with Gasteiger partial charge in [0.2, 0.25) is 12.3 Å². The zero-order chi connectivity index (χ0) is 15.5.